The van der Waals surface area contributed by atoms with Gasteiger partial charge in [-0.05, 0) is 42.2 Å². The van der Waals surface area contributed by atoms with Crippen molar-refractivity contribution in [3.05, 3.63) is 70.0 Å². The number of aryl methyl sites for hydroxylation is 1. The number of rotatable bonds is 6. The minimum atomic E-state index is -4.81. The third kappa shape index (κ3) is 5.21. The van der Waals surface area contributed by atoms with Gasteiger partial charge in [-0.25, -0.2) is 4.39 Å². The summed E-state index contributed by atoms with van der Waals surface area (Å²) in [5, 5.41) is 11.5. The van der Waals surface area contributed by atoms with E-state index in [9.17, 15) is 22.4 Å². The number of carbonyl (C=O) groups is 1. The topological polar surface area (TPSA) is 54.9 Å². The molecule has 4 nitrogen and oxygen atoms in total. The Labute approximate surface area is 175 Å². The maximum Gasteiger partial charge on any atom is 0.419 e. The molecule has 0 spiro atoms. The van der Waals surface area contributed by atoms with Crippen LogP contribution < -0.4 is 5.32 Å². The third-order valence-electron chi connectivity index (χ3n) is 4.51. The molecule has 0 radical (unpaired) electrons. The molecule has 0 aliphatic heterocycles. The third-order valence-corrected chi connectivity index (χ3v) is 5.59. The van der Waals surface area contributed by atoms with Crippen molar-refractivity contribution in [1.29, 1.82) is 0 Å². The molecule has 9 heteroatoms. The number of alkyl halides is 3. The summed E-state index contributed by atoms with van der Waals surface area (Å²) in [7, 11) is 0. The van der Waals surface area contributed by atoms with Crippen LogP contribution in [-0.2, 0) is 23.8 Å². The number of benzene rings is 2. The summed E-state index contributed by atoms with van der Waals surface area (Å²) in [5.41, 5.74) is 0.918. The minimum absolute atomic E-state index is 0.112. The fraction of sp³-hybridized carbons (Fsp3) is 0.286. The zero-order valence-electron chi connectivity index (χ0n) is 16.3. The first-order valence-electron chi connectivity index (χ1n) is 9.22. The molecule has 0 aliphatic rings. The molecule has 1 heterocycles. The van der Waals surface area contributed by atoms with Crippen LogP contribution in [0.3, 0.4) is 0 Å². The summed E-state index contributed by atoms with van der Waals surface area (Å²) in [4.78, 5) is 11.7. The quantitative estimate of drug-likeness (QED) is 0.530. The molecule has 3 rings (SSSR count). The molecule has 0 aliphatic carbocycles. The van der Waals surface area contributed by atoms with Crippen LogP contribution in [0.4, 0.5) is 17.6 Å². The van der Waals surface area contributed by atoms with Crippen LogP contribution in [0.5, 0.6) is 0 Å². The predicted molar refractivity (Wildman–Crippen MR) is 106 cm³/mol. The molecule has 2 aromatic carbocycles. The molecule has 3 aromatic rings. The smallest absolute Gasteiger partial charge is 0.347 e. The van der Waals surface area contributed by atoms with E-state index in [4.69, 9.17) is 0 Å². The number of amides is 1. The van der Waals surface area contributed by atoms with E-state index in [1.807, 2.05) is 24.3 Å². The molecule has 158 valence electrons. The molecular formula is C21H19F4N3OS. The van der Waals surface area contributed by atoms with Crippen LogP contribution in [-0.4, -0.2) is 16.1 Å². The molecule has 0 bridgehead atoms. The van der Waals surface area contributed by atoms with Crippen molar-refractivity contribution in [2.75, 3.05) is 0 Å². The van der Waals surface area contributed by atoms with Crippen LogP contribution >= 0.6 is 11.3 Å². The second kappa shape index (κ2) is 8.91. The lowest BCUT2D eigenvalue weighted by molar-refractivity contribution is -0.140. The van der Waals surface area contributed by atoms with Gasteiger partial charge in [-0.1, -0.05) is 42.5 Å². The number of aromatic nitrogens is 2. The van der Waals surface area contributed by atoms with Crippen LogP contribution in [0.2, 0.25) is 0 Å². The lowest BCUT2D eigenvalue weighted by Crippen LogP contribution is -2.27. The molecule has 1 amide bonds. The van der Waals surface area contributed by atoms with Crippen molar-refractivity contribution in [2.45, 2.75) is 38.9 Å². The zero-order valence-corrected chi connectivity index (χ0v) is 17.1. The molecule has 1 atom stereocenters. The monoisotopic (exact) mass is 437 g/mol. The van der Waals surface area contributed by atoms with Crippen molar-refractivity contribution < 1.29 is 22.4 Å². The minimum Gasteiger partial charge on any atom is -0.347 e. The summed E-state index contributed by atoms with van der Waals surface area (Å²) in [6.45, 7) is 3.43. The van der Waals surface area contributed by atoms with Crippen LogP contribution in [0, 0.1) is 5.82 Å². The lowest BCUT2D eigenvalue weighted by atomic mass is 10.0. The van der Waals surface area contributed by atoms with E-state index in [2.05, 4.69) is 22.4 Å². The maximum absolute atomic E-state index is 13.6. The normalized spacial score (nSPS) is 12.6. The first-order chi connectivity index (χ1) is 14.2. The summed E-state index contributed by atoms with van der Waals surface area (Å²) >= 11 is 1.06. The molecule has 1 N–H and O–H groups in total. The number of hydrogen-bond donors (Lipinski definition) is 1. The van der Waals surface area contributed by atoms with Gasteiger partial charge in [0, 0.05) is 12.5 Å². The summed E-state index contributed by atoms with van der Waals surface area (Å²) in [6, 6.07) is 10.2. The average Bonchev–Trinajstić information content (AvgIpc) is 3.17. The van der Waals surface area contributed by atoms with Gasteiger partial charge in [-0.2, -0.15) is 13.2 Å². The molecule has 0 saturated heterocycles. The molecular weight excluding hydrogens is 418 g/mol. The largest absolute Gasteiger partial charge is 0.419 e. The van der Waals surface area contributed by atoms with Gasteiger partial charge in [0.05, 0.1) is 11.6 Å². The van der Waals surface area contributed by atoms with E-state index in [1.54, 1.807) is 0 Å². The molecule has 1 unspecified atom stereocenters. The summed E-state index contributed by atoms with van der Waals surface area (Å²) in [5.74, 6) is -1.61. The van der Waals surface area contributed by atoms with Crippen LogP contribution in [0.15, 0.2) is 42.5 Å². The first-order valence-corrected chi connectivity index (χ1v) is 10.0. The van der Waals surface area contributed by atoms with Crippen molar-refractivity contribution in [1.82, 2.24) is 15.5 Å². The van der Waals surface area contributed by atoms with Gasteiger partial charge in [0.15, 0.2) is 0 Å². The highest BCUT2D eigenvalue weighted by Crippen LogP contribution is 2.35. The number of nitrogens with one attached hydrogen (secondary N) is 1. The Morgan fingerprint density at radius 2 is 1.77 bits per heavy atom. The standard InChI is InChI=1S/C21H19F4N3OS/c1-3-13-4-6-14(7-5-13)10-18(26-12(2)29)20-28-27-19(30-20)15-8-9-17(22)16(11-15)21(23,24)25/h4-9,11,18H,3,10H2,1-2H3,(H,26,29). The fourth-order valence-corrected chi connectivity index (χ4v) is 3.85. The van der Waals surface area contributed by atoms with E-state index >= 15 is 0 Å². The Morgan fingerprint density at radius 3 is 2.37 bits per heavy atom. The van der Waals surface area contributed by atoms with Crippen molar-refractivity contribution in [2.24, 2.45) is 0 Å². The average molecular weight is 437 g/mol. The Balaban J connectivity index is 1.89. The van der Waals surface area contributed by atoms with Crippen LogP contribution in [0.25, 0.3) is 10.6 Å². The fourth-order valence-electron chi connectivity index (χ4n) is 2.96. The van der Waals surface area contributed by atoms with Crippen molar-refractivity contribution >= 4 is 17.2 Å². The van der Waals surface area contributed by atoms with Gasteiger partial charge in [0.25, 0.3) is 0 Å². The van der Waals surface area contributed by atoms with Crippen molar-refractivity contribution in [3.8, 4) is 10.6 Å². The highest BCUT2D eigenvalue weighted by atomic mass is 32.1. The molecule has 1 aromatic heterocycles. The second-order valence-electron chi connectivity index (χ2n) is 6.77. The Hall–Kier alpha value is -2.81. The summed E-state index contributed by atoms with van der Waals surface area (Å²) in [6.07, 6.45) is -3.45. The molecule has 30 heavy (non-hydrogen) atoms. The van der Waals surface area contributed by atoms with E-state index in [0.717, 1.165) is 35.5 Å². The van der Waals surface area contributed by atoms with Gasteiger partial charge in [0.2, 0.25) is 5.91 Å². The lowest BCUT2D eigenvalue weighted by Gasteiger charge is -2.15. The van der Waals surface area contributed by atoms with Gasteiger partial charge in [-0.15, -0.1) is 10.2 Å². The number of hydrogen-bond acceptors (Lipinski definition) is 4. The van der Waals surface area contributed by atoms with Gasteiger partial charge >= 0.3 is 6.18 Å². The molecule has 0 saturated carbocycles. The van der Waals surface area contributed by atoms with E-state index in [1.165, 1.54) is 18.6 Å². The Morgan fingerprint density at radius 1 is 1.10 bits per heavy atom. The predicted octanol–water partition coefficient (Wildman–Crippen LogP) is 5.35. The van der Waals surface area contributed by atoms with Crippen molar-refractivity contribution in [3.63, 3.8) is 0 Å². The number of carbonyl (C=O) groups excluding carboxylic acids is 1. The van der Waals surface area contributed by atoms with Crippen LogP contribution in [0.1, 0.15) is 41.6 Å². The zero-order chi connectivity index (χ0) is 21.9. The first kappa shape index (κ1) is 21.9. The Bertz CT molecular complexity index is 1030. The highest BCUT2D eigenvalue weighted by Gasteiger charge is 2.34. The van der Waals surface area contributed by atoms with Gasteiger partial charge in [0.1, 0.15) is 15.8 Å². The van der Waals surface area contributed by atoms with Gasteiger partial charge < -0.3 is 5.32 Å². The second-order valence-corrected chi connectivity index (χ2v) is 7.77. The number of nitrogens with zero attached hydrogens (tertiary/aromatic N) is 2. The van der Waals surface area contributed by atoms with E-state index in [0.29, 0.717) is 11.4 Å². The Kier molecular flexibility index (Phi) is 6.50. The molecule has 0 fully saturated rings. The number of halogens is 4. The highest BCUT2D eigenvalue weighted by molar-refractivity contribution is 7.14. The maximum atomic E-state index is 13.6. The van der Waals surface area contributed by atoms with E-state index in [-0.39, 0.29) is 16.5 Å². The summed E-state index contributed by atoms with van der Waals surface area (Å²) < 4.78 is 52.5. The van der Waals surface area contributed by atoms with E-state index < -0.39 is 23.6 Å². The van der Waals surface area contributed by atoms with Gasteiger partial charge in [-0.3, -0.25) is 4.79 Å². The SMILES string of the molecule is CCc1ccc(CC(NC(C)=O)c2nnc(-c3ccc(F)c(C(F)(F)F)c3)s2)cc1.